The number of para-hydroxylation sites is 2. The molecule has 0 radical (unpaired) electrons. The second-order valence-electron chi connectivity index (χ2n) is 6.81. The van der Waals surface area contributed by atoms with Gasteiger partial charge in [0.2, 0.25) is 5.91 Å². The maximum Gasteiger partial charge on any atom is 0.341 e. The van der Waals surface area contributed by atoms with Gasteiger partial charge in [-0.3, -0.25) is 4.79 Å². The van der Waals surface area contributed by atoms with Crippen LogP contribution in [0.1, 0.15) is 27.7 Å². The summed E-state index contributed by atoms with van der Waals surface area (Å²) in [5, 5.41) is 4.20. The molecule has 0 spiro atoms. The first-order valence-electron chi connectivity index (χ1n) is 9.42. The van der Waals surface area contributed by atoms with Crippen molar-refractivity contribution in [1.29, 1.82) is 0 Å². The van der Waals surface area contributed by atoms with E-state index in [-0.39, 0.29) is 17.6 Å². The second kappa shape index (κ2) is 8.56. The topological polar surface area (TPSA) is 87.3 Å². The second-order valence-corrected chi connectivity index (χ2v) is 8.88. The van der Waals surface area contributed by atoms with E-state index in [4.69, 9.17) is 4.74 Å². The molecule has 9 heteroatoms. The number of carbonyl (C=O) groups excluding carboxylic acids is 2. The fraction of sp³-hybridized carbons (Fsp3) is 0.350. The average molecular weight is 431 g/mol. The molecule has 7 nitrogen and oxygen atoms in total. The summed E-state index contributed by atoms with van der Waals surface area (Å²) in [7, 11) is 2.03. The molecular formula is C20H22N4O3S2. The van der Waals surface area contributed by atoms with E-state index in [1.165, 1.54) is 23.1 Å². The molecule has 4 rings (SSSR count). The molecule has 2 aromatic heterocycles. The Hall–Kier alpha value is -2.36. The number of nitrogens with one attached hydrogen (secondary N) is 2. The average Bonchev–Trinajstić information content (AvgIpc) is 3.26. The van der Waals surface area contributed by atoms with Crippen molar-refractivity contribution in [3.8, 4) is 0 Å². The fourth-order valence-electron chi connectivity index (χ4n) is 3.32. The lowest BCUT2D eigenvalue weighted by Gasteiger charge is -2.22. The number of anilines is 1. The van der Waals surface area contributed by atoms with E-state index in [1.807, 2.05) is 31.3 Å². The monoisotopic (exact) mass is 430 g/mol. The van der Waals surface area contributed by atoms with Gasteiger partial charge in [-0.15, -0.1) is 11.3 Å². The van der Waals surface area contributed by atoms with E-state index < -0.39 is 0 Å². The Bertz CT molecular complexity index is 1030. The zero-order chi connectivity index (χ0) is 20.4. The summed E-state index contributed by atoms with van der Waals surface area (Å²) in [6.07, 6.45) is 0.868. The number of nitrogens with zero attached hydrogens (tertiary/aromatic N) is 2. The van der Waals surface area contributed by atoms with Crippen LogP contribution in [0, 0.1) is 0 Å². The molecule has 152 valence electrons. The van der Waals surface area contributed by atoms with Crippen molar-refractivity contribution < 1.29 is 14.3 Å². The predicted molar refractivity (Wildman–Crippen MR) is 116 cm³/mol. The summed E-state index contributed by atoms with van der Waals surface area (Å²) in [4.78, 5) is 36.1. The van der Waals surface area contributed by atoms with E-state index >= 15 is 0 Å². The van der Waals surface area contributed by atoms with Gasteiger partial charge in [0.15, 0.2) is 5.16 Å². The van der Waals surface area contributed by atoms with Crippen LogP contribution in [-0.4, -0.2) is 52.7 Å². The highest BCUT2D eigenvalue weighted by molar-refractivity contribution is 7.99. The number of esters is 1. The normalized spacial score (nSPS) is 14.0. The number of carbonyl (C=O) groups is 2. The van der Waals surface area contributed by atoms with Crippen molar-refractivity contribution in [2.24, 2.45) is 0 Å². The first-order chi connectivity index (χ1) is 14.0. The molecule has 0 bridgehead atoms. The van der Waals surface area contributed by atoms with E-state index in [0.717, 1.165) is 34.4 Å². The molecule has 3 aromatic rings. The number of H-pyrrole nitrogens is 1. The molecule has 1 aliphatic heterocycles. The Labute approximate surface area is 176 Å². The zero-order valence-electron chi connectivity index (χ0n) is 16.3. The molecule has 0 saturated carbocycles. The third-order valence-corrected chi connectivity index (χ3v) is 6.76. The third-order valence-electron chi connectivity index (χ3n) is 4.68. The molecule has 29 heavy (non-hydrogen) atoms. The first kappa shape index (κ1) is 19.9. The van der Waals surface area contributed by atoms with Gasteiger partial charge in [0.25, 0.3) is 0 Å². The number of rotatable bonds is 6. The van der Waals surface area contributed by atoms with E-state index in [2.05, 4.69) is 20.2 Å². The number of amides is 1. The number of hydrogen-bond donors (Lipinski definition) is 2. The highest BCUT2D eigenvalue weighted by Crippen LogP contribution is 2.37. The summed E-state index contributed by atoms with van der Waals surface area (Å²) < 4.78 is 5.25. The summed E-state index contributed by atoms with van der Waals surface area (Å²) in [5.74, 6) is -0.349. The molecular weight excluding hydrogens is 408 g/mol. The van der Waals surface area contributed by atoms with Crippen LogP contribution < -0.4 is 5.32 Å². The lowest BCUT2D eigenvalue weighted by atomic mass is 10.0. The third kappa shape index (κ3) is 4.31. The summed E-state index contributed by atoms with van der Waals surface area (Å²) in [6, 6.07) is 7.74. The predicted octanol–water partition coefficient (Wildman–Crippen LogP) is 3.52. The van der Waals surface area contributed by atoms with Crippen molar-refractivity contribution in [3.63, 3.8) is 0 Å². The van der Waals surface area contributed by atoms with Crippen LogP contribution >= 0.6 is 23.1 Å². The highest BCUT2D eigenvalue weighted by atomic mass is 32.2. The van der Waals surface area contributed by atoms with Gasteiger partial charge >= 0.3 is 5.97 Å². The number of likely N-dealkylation sites (N-methyl/N-ethyl adjacent to an activating group) is 1. The number of aromatic amines is 1. The molecule has 0 unspecified atom stereocenters. The Kier molecular flexibility index (Phi) is 5.89. The van der Waals surface area contributed by atoms with Gasteiger partial charge in [-0.05, 0) is 38.1 Å². The number of thioether (sulfide) groups is 1. The SMILES string of the molecule is CCOC(=O)c1c(NC(=O)CSc2nc3ccccc3[nH]2)sc2c1CN(C)CC2. The zero-order valence-corrected chi connectivity index (χ0v) is 17.9. The minimum absolute atomic E-state index is 0.173. The molecule has 0 fully saturated rings. The van der Waals surface area contributed by atoms with Crippen LogP contribution in [0.25, 0.3) is 11.0 Å². The van der Waals surface area contributed by atoms with Gasteiger partial charge in [0, 0.05) is 18.0 Å². The molecule has 2 N–H and O–H groups in total. The largest absolute Gasteiger partial charge is 0.462 e. The van der Waals surface area contributed by atoms with Crippen LogP contribution in [0.3, 0.4) is 0 Å². The molecule has 3 heterocycles. The summed E-state index contributed by atoms with van der Waals surface area (Å²) >= 11 is 2.81. The summed E-state index contributed by atoms with van der Waals surface area (Å²) in [6.45, 7) is 3.70. The van der Waals surface area contributed by atoms with Crippen molar-refractivity contribution >= 4 is 51.0 Å². The lowest BCUT2D eigenvalue weighted by molar-refractivity contribution is -0.113. The summed E-state index contributed by atoms with van der Waals surface area (Å²) in [5.41, 5.74) is 3.29. The van der Waals surface area contributed by atoms with E-state index in [0.29, 0.717) is 28.9 Å². The molecule has 1 aromatic carbocycles. The van der Waals surface area contributed by atoms with Crippen molar-refractivity contribution in [2.45, 2.75) is 25.0 Å². The number of hydrogen-bond acceptors (Lipinski definition) is 7. The number of benzene rings is 1. The number of imidazole rings is 1. The molecule has 0 saturated heterocycles. The van der Waals surface area contributed by atoms with Crippen molar-refractivity contribution in [2.75, 3.05) is 31.3 Å². The van der Waals surface area contributed by atoms with Gasteiger partial charge in [0.05, 0.1) is 29.0 Å². The van der Waals surface area contributed by atoms with Gasteiger partial charge < -0.3 is 19.9 Å². The highest BCUT2D eigenvalue weighted by Gasteiger charge is 2.28. The Morgan fingerprint density at radius 2 is 2.21 bits per heavy atom. The van der Waals surface area contributed by atoms with Crippen LogP contribution in [-0.2, 0) is 22.5 Å². The maximum absolute atomic E-state index is 12.6. The molecule has 0 aliphatic carbocycles. The van der Waals surface area contributed by atoms with E-state index in [1.54, 1.807) is 6.92 Å². The smallest absolute Gasteiger partial charge is 0.341 e. The molecule has 1 amide bonds. The van der Waals surface area contributed by atoms with Gasteiger partial charge in [-0.1, -0.05) is 23.9 Å². The van der Waals surface area contributed by atoms with Crippen molar-refractivity contribution in [1.82, 2.24) is 14.9 Å². The minimum atomic E-state index is -0.375. The lowest BCUT2D eigenvalue weighted by Crippen LogP contribution is -2.27. The number of fused-ring (bicyclic) bond motifs is 2. The Morgan fingerprint density at radius 3 is 3.00 bits per heavy atom. The van der Waals surface area contributed by atoms with Crippen LogP contribution in [0.2, 0.25) is 0 Å². The quantitative estimate of drug-likeness (QED) is 0.460. The van der Waals surface area contributed by atoms with Crippen LogP contribution in [0.4, 0.5) is 5.00 Å². The molecule has 1 aliphatic rings. The van der Waals surface area contributed by atoms with Gasteiger partial charge in [-0.2, -0.15) is 0 Å². The minimum Gasteiger partial charge on any atom is -0.462 e. The van der Waals surface area contributed by atoms with Gasteiger partial charge in [0.1, 0.15) is 5.00 Å². The van der Waals surface area contributed by atoms with Crippen LogP contribution in [0.5, 0.6) is 0 Å². The Morgan fingerprint density at radius 1 is 1.38 bits per heavy atom. The fourth-order valence-corrected chi connectivity index (χ4v) is 5.21. The first-order valence-corrected chi connectivity index (χ1v) is 11.2. The standard InChI is InChI=1S/C20H22N4O3S2/c1-3-27-19(26)17-12-10-24(2)9-8-15(12)29-18(17)23-16(25)11-28-20-21-13-6-4-5-7-14(13)22-20/h4-7H,3,8-11H2,1-2H3,(H,21,22)(H,23,25). The number of thiophene rings is 1. The number of ether oxygens (including phenoxy) is 1. The number of aromatic nitrogens is 2. The van der Waals surface area contributed by atoms with Crippen LogP contribution in [0.15, 0.2) is 29.4 Å². The van der Waals surface area contributed by atoms with Crippen molar-refractivity contribution in [3.05, 3.63) is 40.3 Å². The van der Waals surface area contributed by atoms with E-state index in [9.17, 15) is 9.59 Å². The maximum atomic E-state index is 12.6. The Balaban J connectivity index is 1.49. The molecule has 0 atom stereocenters. The van der Waals surface area contributed by atoms with Gasteiger partial charge in [-0.25, -0.2) is 9.78 Å².